The van der Waals surface area contributed by atoms with Crippen LogP contribution in [0.15, 0.2) is 12.7 Å². The van der Waals surface area contributed by atoms with Gasteiger partial charge in [0, 0.05) is 6.61 Å². The van der Waals surface area contributed by atoms with E-state index >= 15 is 0 Å². The molecule has 60 valence electrons. The molecular formula is C7H14O3. The van der Waals surface area contributed by atoms with E-state index in [1.165, 1.54) is 0 Å². The Morgan fingerprint density at radius 3 is 2.90 bits per heavy atom. The number of aliphatic hydroxyl groups is 1. The summed E-state index contributed by atoms with van der Waals surface area (Å²) in [5, 5.41) is 8.92. The van der Waals surface area contributed by atoms with Crippen LogP contribution in [0.25, 0.3) is 0 Å². The molecule has 0 rings (SSSR count). The molecule has 0 heterocycles. The molecule has 0 aliphatic heterocycles. The van der Waals surface area contributed by atoms with Crippen LogP contribution < -0.4 is 0 Å². The Morgan fingerprint density at radius 2 is 2.40 bits per heavy atom. The summed E-state index contributed by atoms with van der Waals surface area (Å²) in [5.41, 5.74) is 0. The van der Waals surface area contributed by atoms with Crippen molar-refractivity contribution in [3.8, 4) is 0 Å². The number of rotatable bonds is 6. The maximum absolute atomic E-state index is 8.92. The molecular weight excluding hydrogens is 132 g/mol. The van der Waals surface area contributed by atoms with E-state index in [1.807, 2.05) is 6.92 Å². The van der Waals surface area contributed by atoms with Crippen LogP contribution >= 0.6 is 0 Å². The Hall–Kier alpha value is -0.380. The van der Waals surface area contributed by atoms with Gasteiger partial charge in [0.1, 0.15) is 0 Å². The fourth-order valence-corrected chi connectivity index (χ4v) is 0.446. The molecule has 0 bridgehead atoms. The summed E-state index contributed by atoms with van der Waals surface area (Å²) in [6.45, 7) is 6.47. The van der Waals surface area contributed by atoms with Crippen LogP contribution in [0, 0.1) is 0 Å². The Balaban J connectivity index is 3.07. The zero-order valence-electron chi connectivity index (χ0n) is 6.25. The summed E-state index contributed by atoms with van der Waals surface area (Å²) in [7, 11) is 0. The molecule has 10 heavy (non-hydrogen) atoms. The third-order valence-corrected chi connectivity index (χ3v) is 0.871. The Morgan fingerprint density at radius 1 is 1.70 bits per heavy atom. The second kappa shape index (κ2) is 6.74. The van der Waals surface area contributed by atoms with E-state index in [9.17, 15) is 0 Å². The summed E-state index contributed by atoms with van der Waals surface area (Å²) in [6, 6.07) is 0. The van der Waals surface area contributed by atoms with E-state index in [0.29, 0.717) is 13.2 Å². The highest BCUT2D eigenvalue weighted by Crippen LogP contribution is 1.87. The molecule has 1 unspecified atom stereocenters. The molecule has 3 nitrogen and oxygen atoms in total. The van der Waals surface area contributed by atoms with Crippen molar-refractivity contribution in [1.29, 1.82) is 0 Å². The third kappa shape index (κ3) is 5.75. The van der Waals surface area contributed by atoms with Gasteiger partial charge < -0.3 is 14.6 Å². The lowest BCUT2D eigenvalue weighted by Gasteiger charge is -2.09. The van der Waals surface area contributed by atoms with Crippen LogP contribution in [0.4, 0.5) is 0 Å². The molecule has 0 amide bonds. The average Bonchev–Trinajstić information content (AvgIpc) is 1.97. The van der Waals surface area contributed by atoms with Gasteiger partial charge in [-0.15, -0.1) is 6.58 Å². The van der Waals surface area contributed by atoms with Crippen LogP contribution in [0.2, 0.25) is 0 Å². The second-order valence-electron chi connectivity index (χ2n) is 1.74. The van der Waals surface area contributed by atoms with Gasteiger partial charge in [-0.25, -0.2) is 0 Å². The van der Waals surface area contributed by atoms with Gasteiger partial charge in [-0.2, -0.15) is 0 Å². The molecule has 0 fully saturated rings. The van der Waals surface area contributed by atoms with Crippen LogP contribution in [0.1, 0.15) is 6.92 Å². The molecule has 0 aliphatic rings. The normalized spacial score (nSPS) is 13.0. The van der Waals surface area contributed by atoms with Gasteiger partial charge in [0.15, 0.2) is 6.29 Å². The highest BCUT2D eigenvalue weighted by atomic mass is 16.6. The second-order valence-corrected chi connectivity index (χ2v) is 1.74. The summed E-state index contributed by atoms with van der Waals surface area (Å²) in [4.78, 5) is 0. The van der Waals surface area contributed by atoms with E-state index in [2.05, 4.69) is 6.58 Å². The fourth-order valence-electron chi connectivity index (χ4n) is 0.446. The van der Waals surface area contributed by atoms with Gasteiger partial charge in [0.2, 0.25) is 0 Å². The van der Waals surface area contributed by atoms with Crippen molar-refractivity contribution in [3.05, 3.63) is 12.7 Å². The molecule has 3 heteroatoms. The van der Waals surface area contributed by atoms with E-state index in [-0.39, 0.29) is 6.61 Å². The van der Waals surface area contributed by atoms with Gasteiger partial charge in [0.05, 0.1) is 13.2 Å². The highest BCUT2D eigenvalue weighted by molar-refractivity contribution is 4.64. The average molecular weight is 146 g/mol. The number of ether oxygens (including phenoxy) is 2. The zero-order chi connectivity index (χ0) is 7.82. The summed E-state index contributed by atoms with van der Waals surface area (Å²) in [5.74, 6) is 0. The maximum atomic E-state index is 8.92. The van der Waals surface area contributed by atoms with Gasteiger partial charge in [-0.3, -0.25) is 0 Å². The minimum atomic E-state index is -0.821. The molecule has 0 aromatic heterocycles. The monoisotopic (exact) mass is 146 g/mol. The van der Waals surface area contributed by atoms with E-state index in [1.54, 1.807) is 6.08 Å². The SMILES string of the molecule is C=CCOC(O)COCC. The molecule has 0 aromatic carbocycles. The lowest BCUT2D eigenvalue weighted by atomic mass is 10.6. The topological polar surface area (TPSA) is 38.7 Å². The van der Waals surface area contributed by atoms with Gasteiger partial charge in [-0.05, 0) is 6.92 Å². The minimum Gasteiger partial charge on any atom is -0.376 e. The molecule has 0 radical (unpaired) electrons. The van der Waals surface area contributed by atoms with Gasteiger partial charge in [0.25, 0.3) is 0 Å². The predicted molar refractivity (Wildman–Crippen MR) is 38.6 cm³/mol. The highest BCUT2D eigenvalue weighted by Gasteiger charge is 2.00. The minimum absolute atomic E-state index is 0.227. The molecule has 1 N–H and O–H groups in total. The van der Waals surface area contributed by atoms with E-state index < -0.39 is 6.29 Å². The maximum Gasteiger partial charge on any atom is 0.178 e. The molecule has 0 saturated carbocycles. The first-order valence-electron chi connectivity index (χ1n) is 3.29. The quantitative estimate of drug-likeness (QED) is 0.439. The van der Waals surface area contributed by atoms with Gasteiger partial charge >= 0.3 is 0 Å². The van der Waals surface area contributed by atoms with Crippen molar-refractivity contribution < 1.29 is 14.6 Å². The van der Waals surface area contributed by atoms with Crippen LogP contribution in [0.3, 0.4) is 0 Å². The predicted octanol–water partition coefficient (Wildman–Crippen LogP) is 0.544. The Kier molecular flexibility index (Phi) is 6.48. The molecule has 0 spiro atoms. The standard InChI is InChI=1S/C7H14O3/c1-3-5-10-7(8)6-9-4-2/h3,7-8H,1,4-6H2,2H3. The smallest absolute Gasteiger partial charge is 0.178 e. The molecule has 0 aromatic rings. The zero-order valence-corrected chi connectivity index (χ0v) is 6.25. The summed E-state index contributed by atoms with van der Waals surface area (Å²) >= 11 is 0. The first-order valence-corrected chi connectivity index (χ1v) is 3.29. The lowest BCUT2D eigenvalue weighted by Crippen LogP contribution is -2.18. The first kappa shape index (κ1) is 9.62. The largest absolute Gasteiger partial charge is 0.376 e. The van der Waals surface area contributed by atoms with Crippen molar-refractivity contribution in [1.82, 2.24) is 0 Å². The van der Waals surface area contributed by atoms with Crippen molar-refractivity contribution >= 4 is 0 Å². The van der Waals surface area contributed by atoms with Crippen molar-refractivity contribution in [2.24, 2.45) is 0 Å². The Bertz CT molecular complexity index is 82.9. The lowest BCUT2D eigenvalue weighted by molar-refractivity contribution is -0.128. The molecule has 0 aliphatic carbocycles. The summed E-state index contributed by atoms with van der Waals surface area (Å²) in [6.07, 6.45) is 0.757. The van der Waals surface area contributed by atoms with E-state index in [4.69, 9.17) is 14.6 Å². The molecule has 1 atom stereocenters. The van der Waals surface area contributed by atoms with Crippen LogP contribution in [-0.2, 0) is 9.47 Å². The van der Waals surface area contributed by atoms with Crippen LogP contribution in [0.5, 0.6) is 0 Å². The summed E-state index contributed by atoms with van der Waals surface area (Å²) < 4.78 is 9.69. The van der Waals surface area contributed by atoms with Crippen molar-refractivity contribution in [2.45, 2.75) is 13.2 Å². The van der Waals surface area contributed by atoms with Crippen LogP contribution in [-0.4, -0.2) is 31.2 Å². The first-order chi connectivity index (χ1) is 4.81. The third-order valence-electron chi connectivity index (χ3n) is 0.871. The molecule has 0 saturated heterocycles. The number of aliphatic hydroxyl groups excluding tert-OH is 1. The van der Waals surface area contributed by atoms with Gasteiger partial charge in [-0.1, -0.05) is 6.08 Å². The number of hydrogen-bond donors (Lipinski definition) is 1. The van der Waals surface area contributed by atoms with Crippen molar-refractivity contribution in [2.75, 3.05) is 19.8 Å². The van der Waals surface area contributed by atoms with Crippen molar-refractivity contribution in [3.63, 3.8) is 0 Å². The fraction of sp³-hybridized carbons (Fsp3) is 0.714. The number of hydrogen-bond acceptors (Lipinski definition) is 3. The Labute approximate surface area is 61.3 Å². The van der Waals surface area contributed by atoms with E-state index in [0.717, 1.165) is 0 Å².